The van der Waals surface area contributed by atoms with Crippen LogP contribution in [0.3, 0.4) is 0 Å². The quantitative estimate of drug-likeness (QED) is 0.132. The van der Waals surface area contributed by atoms with E-state index in [1.807, 2.05) is 6.07 Å². The summed E-state index contributed by atoms with van der Waals surface area (Å²) in [6.07, 6.45) is 0. The highest BCUT2D eigenvalue weighted by Crippen LogP contribution is 2.26. The van der Waals surface area contributed by atoms with E-state index in [-0.39, 0.29) is 5.92 Å². The van der Waals surface area contributed by atoms with Crippen molar-refractivity contribution >= 4 is 18.7 Å². The molecule has 0 saturated heterocycles. The molecule has 4 aromatic rings. The van der Waals surface area contributed by atoms with Crippen LogP contribution in [-0.2, 0) is 20.5 Å². The monoisotopic (exact) mass is 538 g/mol. The fourth-order valence-electron chi connectivity index (χ4n) is 5.30. The SMILES string of the molecule is CC[Si](OCCOCC(COCc1ccccc1)c1ccc(C)c(C)c1C)(c1ccccc1)c1ccccc1. The second-order valence-electron chi connectivity index (χ2n) is 10.3. The van der Waals surface area contributed by atoms with Crippen LogP contribution >= 0.6 is 0 Å². The molecular formula is C35H42O3Si. The molecular weight excluding hydrogens is 496 g/mol. The standard InChI is InChI=1S/C35H42O3Si/c1-5-39(33-17-11-7-12-18-33,34-19-13-8-14-20-34)38-24-23-36-26-32(27-37-25-31-15-9-6-10-16-31)35-22-21-28(2)29(3)30(35)4/h6-22,32H,5,23-27H2,1-4H3. The lowest BCUT2D eigenvalue weighted by atomic mass is 9.91. The number of hydrogen-bond donors (Lipinski definition) is 0. The largest absolute Gasteiger partial charge is 0.406 e. The molecule has 0 bridgehead atoms. The van der Waals surface area contributed by atoms with Gasteiger partial charge in [-0.15, -0.1) is 0 Å². The molecule has 39 heavy (non-hydrogen) atoms. The van der Waals surface area contributed by atoms with Crippen LogP contribution in [0.25, 0.3) is 0 Å². The molecule has 0 amide bonds. The average molecular weight is 539 g/mol. The molecule has 4 heteroatoms. The lowest BCUT2D eigenvalue weighted by molar-refractivity contribution is 0.0472. The molecule has 0 aliphatic heterocycles. The van der Waals surface area contributed by atoms with Crippen molar-refractivity contribution in [1.29, 1.82) is 0 Å². The van der Waals surface area contributed by atoms with E-state index in [2.05, 4.69) is 125 Å². The van der Waals surface area contributed by atoms with Gasteiger partial charge in [0.2, 0.25) is 0 Å². The molecule has 1 unspecified atom stereocenters. The average Bonchev–Trinajstić information content (AvgIpc) is 2.99. The Bertz CT molecular complexity index is 1240. The molecule has 0 fully saturated rings. The first-order valence-electron chi connectivity index (χ1n) is 14.1. The molecule has 4 rings (SSSR count). The summed E-state index contributed by atoms with van der Waals surface area (Å²) in [7, 11) is -2.35. The topological polar surface area (TPSA) is 27.7 Å². The molecule has 0 saturated carbocycles. The molecule has 0 N–H and O–H groups in total. The summed E-state index contributed by atoms with van der Waals surface area (Å²) >= 11 is 0. The zero-order valence-electron chi connectivity index (χ0n) is 23.9. The van der Waals surface area contributed by atoms with E-state index in [1.54, 1.807) is 0 Å². The zero-order chi connectivity index (χ0) is 27.5. The van der Waals surface area contributed by atoms with Crippen LogP contribution in [0.5, 0.6) is 0 Å². The predicted octanol–water partition coefficient (Wildman–Crippen LogP) is 6.73. The maximum atomic E-state index is 6.82. The normalized spacial score (nSPS) is 12.4. The number of hydrogen-bond acceptors (Lipinski definition) is 3. The Kier molecular flexibility index (Phi) is 10.7. The summed E-state index contributed by atoms with van der Waals surface area (Å²) in [6.45, 7) is 11.8. The fourth-order valence-corrected chi connectivity index (χ4v) is 8.88. The molecule has 4 aromatic carbocycles. The van der Waals surface area contributed by atoms with Crippen LogP contribution in [0.15, 0.2) is 103 Å². The molecule has 0 aliphatic carbocycles. The van der Waals surface area contributed by atoms with Crippen LogP contribution in [0, 0.1) is 20.8 Å². The molecule has 0 heterocycles. The molecule has 0 aliphatic rings. The Hall–Kier alpha value is -3.02. The maximum absolute atomic E-state index is 6.82. The Balaban J connectivity index is 1.42. The molecule has 1 atom stereocenters. The minimum absolute atomic E-state index is 0.157. The van der Waals surface area contributed by atoms with Gasteiger partial charge in [0.15, 0.2) is 0 Å². The first-order chi connectivity index (χ1) is 19.0. The zero-order valence-corrected chi connectivity index (χ0v) is 24.9. The van der Waals surface area contributed by atoms with Crippen molar-refractivity contribution in [2.75, 3.05) is 26.4 Å². The summed E-state index contributed by atoms with van der Waals surface area (Å²) < 4.78 is 19.3. The Morgan fingerprint density at radius 2 is 1.18 bits per heavy atom. The highest BCUT2D eigenvalue weighted by molar-refractivity contribution is 6.97. The highest BCUT2D eigenvalue weighted by atomic mass is 28.4. The van der Waals surface area contributed by atoms with Crippen LogP contribution < -0.4 is 10.4 Å². The summed E-state index contributed by atoms with van der Waals surface area (Å²) in [6, 6.07) is 37.2. The molecule has 0 spiro atoms. The van der Waals surface area contributed by atoms with Gasteiger partial charge in [-0.1, -0.05) is 110 Å². The van der Waals surface area contributed by atoms with Crippen LogP contribution in [0.4, 0.5) is 0 Å². The fraction of sp³-hybridized carbons (Fsp3) is 0.314. The van der Waals surface area contributed by atoms with Crippen molar-refractivity contribution in [3.8, 4) is 0 Å². The van der Waals surface area contributed by atoms with Gasteiger partial charge in [0, 0.05) is 5.92 Å². The molecule has 204 valence electrons. The molecule has 3 nitrogen and oxygen atoms in total. The summed E-state index contributed by atoms with van der Waals surface area (Å²) in [5.74, 6) is 0.157. The van der Waals surface area contributed by atoms with Crippen molar-refractivity contribution < 1.29 is 13.9 Å². The third-order valence-corrected chi connectivity index (χ3v) is 12.1. The van der Waals surface area contributed by atoms with Crippen molar-refractivity contribution in [2.24, 2.45) is 0 Å². The van der Waals surface area contributed by atoms with Crippen molar-refractivity contribution in [3.63, 3.8) is 0 Å². The summed E-state index contributed by atoms with van der Waals surface area (Å²) in [5.41, 5.74) is 6.47. The van der Waals surface area contributed by atoms with Crippen molar-refractivity contribution in [2.45, 2.75) is 46.3 Å². The number of benzene rings is 4. The van der Waals surface area contributed by atoms with Crippen LogP contribution in [-0.4, -0.2) is 34.7 Å². The lowest BCUT2D eigenvalue weighted by Crippen LogP contribution is -2.60. The smallest absolute Gasteiger partial charge is 0.255 e. The van der Waals surface area contributed by atoms with Gasteiger partial charge in [0.05, 0.1) is 33.0 Å². The van der Waals surface area contributed by atoms with E-state index in [1.165, 1.54) is 38.2 Å². The third-order valence-electron chi connectivity index (χ3n) is 7.84. The lowest BCUT2D eigenvalue weighted by Gasteiger charge is -2.31. The van der Waals surface area contributed by atoms with E-state index >= 15 is 0 Å². The van der Waals surface area contributed by atoms with Gasteiger partial charge in [-0.25, -0.2) is 0 Å². The Morgan fingerprint density at radius 1 is 0.615 bits per heavy atom. The highest BCUT2D eigenvalue weighted by Gasteiger charge is 2.37. The maximum Gasteiger partial charge on any atom is 0.255 e. The van der Waals surface area contributed by atoms with Crippen molar-refractivity contribution in [1.82, 2.24) is 0 Å². The number of rotatable bonds is 14. The van der Waals surface area contributed by atoms with Gasteiger partial charge in [0.25, 0.3) is 8.32 Å². The van der Waals surface area contributed by atoms with Gasteiger partial charge in [-0.05, 0) is 65.0 Å². The second-order valence-corrected chi connectivity index (χ2v) is 14.1. The predicted molar refractivity (Wildman–Crippen MR) is 165 cm³/mol. The first-order valence-corrected chi connectivity index (χ1v) is 16.2. The van der Waals surface area contributed by atoms with E-state index in [9.17, 15) is 0 Å². The first kappa shape index (κ1) is 29.0. The Labute approximate surface area is 235 Å². The van der Waals surface area contributed by atoms with E-state index in [0.717, 1.165) is 6.04 Å². The minimum Gasteiger partial charge on any atom is -0.406 e. The molecule has 0 aromatic heterocycles. The second kappa shape index (κ2) is 14.4. The van der Waals surface area contributed by atoms with E-state index in [0.29, 0.717) is 33.0 Å². The number of aryl methyl sites for hydroxylation is 1. The third kappa shape index (κ3) is 7.34. The van der Waals surface area contributed by atoms with Gasteiger partial charge >= 0.3 is 0 Å². The van der Waals surface area contributed by atoms with Gasteiger partial charge < -0.3 is 13.9 Å². The Morgan fingerprint density at radius 3 is 1.77 bits per heavy atom. The van der Waals surface area contributed by atoms with Crippen LogP contribution in [0.1, 0.15) is 40.7 Å². The van der Waals surface area contributed by atoms with Gasteiger partial charge in [-0.2, -0.15) is 0 Å². The summed E-state index contributed by atoms with van der Waals surface area (Å²) in [4.78, 5) is 0. The number of ether oxygens (including phenoxy) is 2. The molecule has 0 radical (unpaired) electrons. The van der Waals surface area contributed by atoms with Gasteiger partial charge in [-0.3, -0.25) is 0 Å². The minimum atomic E-state index is -2.35. The van der Waals surface area contributed by atoms with E-state index in [4.69, 9.17) is 13.9 Å². The van der Waals surface area contributed by atoms with E-state index < -0.39 is 8.32 Å². The summed E-state index contributed by atoms with van der Waals surface area (Å²) in [5, 5.41) is 2.60. The van der Waals surface area contributed by atoms with Crippen LogP contribution in [0.2, 0.25) is 6.04 Å². The van der Waals surface area contributed by atoms with Gasteiger partial charge in [0.1, 0.15) is 0 Å². The van der Waals surface area contributed by atoms with Crippen molar-refractivity contribution in [3.05, 3.63) is 131 Å².